The Morgan fingerprint density at radius 3 is 2.37 bits per heavy atom. The highest BCUT2D eigenvalue weighted by atomic mass is 16.5. The minimum atomic E-state index is -0.0412. The predicted molar refractivity (Wildman–Crippen MR) is 121 cm³/mol. The average Bonchev–Trinajstić information content (AvgIpc) is 2.81. The average molecular weight is 407 g/mol. The molecule has 1 amide bonds. The second-order valence-electron chi connectivity index (χ2n) is 9.10. The van der Waals surface area contributed by atoms with E-state index in [-0.39, 0.29) is 11.3 Å². The lowest BCUT2D eigenvalue weighted by Gasteiger charge is -2.38. The van der Waals surface area contributed by atoms with Crippen molar-refractivity contribution in [3.8, 4) is 0 Å². The van der Waals surface area contributed by atoms with Gasteiger partial charge in [0.15, 0.2) is 0 Å². The third-order valence-electron chi connectivity index (χ3n) is 6.92. The number of benzene rings is 2. The van der Waals surface area contributed by atoms with E-state index >= 15 is 0 Å². The van der Waals surface area contributed by atoms with Crippen molar-refractivity contribution < 1.29 is 9.53 Å². The van der Waals surface area contributed by atoms with Crippen molar-refractivity contribution in [2.24, 2.45) is 5.92 Å². The van der Waals surface area contributed by atoms with Gasteiger partial charge in [0.1, 0.15) is 0 Å². The van der Waals surface area contributed by atoms with E-state index in [1.54, 1.807) is 0 Å². The molecule has 0 atom stereocenters. The molecule has 0 saturated carbocycles. The lowest BCUT2D eigenvalue weighted by molar-refractivity contribution is 0.0487. The monoisotopic (exact) mass is 406 g/mol. The van der Waals surface area contributed by atoms with Crippen LogP contribution in [0.1, 0.15) is 54.1 Å². The molecule has 160 valence electrons. The normalized spacial score (nSPS) is 20.0. The summed E-state index contributed by atoms with van der Waals surface area (Å²) in [5.41, 5.74) is 3.27. The zero-order valence-corrected chi connectivity index (χ0v) is 18.1. The van der Waals surface area contributed by atoms with Crippen LogP contribution < -0.4 is 5.32 Å². The number of ether oxygens (including phenoxy) is 1. The lowest BCUT2D eigenvalue weighted by Crippen LogP contribution is -2.44. The summed E-state index contributed by atoms with van der Waals surface area (Å²) in [6.07, 6.45) is 4.44. The smallest absolute Gasteiger partial charge is 0.251 e. The molecule has 4 rings (SSSR count). The van der Waals surface area contributed by atoms with Crippen LogP contribution in [0.5, 0.6) is 0 Å². The number of likely N-dealkylation sites (tertiary alicyclic amines) is 1. The molecule has 0 radical (unpaired) electrons. The quantitative estimate of drug-likeness (QED) is 0.773. The highest BCUT2D eigenvalue weighted by Crippen LogP contribution is 2.34. The minimum Gasteiger partial charge on any atom is -0.381 e. The van der Waals surface area contributed by atoms with E-state index < -0.39 is 0 Å². The zero-order chi connectivity index (χ0) is 20.8. The number of nitrogens with zero attached hydrogens (tertiary/aromatic N) is 1. The number of hydrogen-bond donors (Lipinski definition) is 1. The standard InChI is InChI=1S/C26H34N2O2/c1-21-11-15-28(16-12-21)19-22-7-9-23(10-8-22)25(29)27-20-26(13-17-30-18-14-26)24-5-3-2-4-6-24/h2-10,21H,11-20H2,1H3,(H,27,29). The fourth-order valence-corrected chi connectivity index (χ4v) is 4.71. The van der Waals surface area contributed by atoms with Gasteiger partial charge in [0.2, 0.25) is 0 Å². The maximum atomic E-state index is 12.8. The predicted octanol–water partition coefficient (Wildman–Crippen LogP) is 4.40. The largest absolute Gasteiger partial charge is 0.381 e. The number of rotatable bonds is 6. The molecular weight excluding hydrogens is 372 g/mol. The van der Waals surface area contributed by atoms with E-state index in [4.69, 9.17) is 4.74 Å². The van der Waals surface area contributed by atoms with E-state index in [1.807, 2.05) is 18.2 Å². The molecule has 2 aliphatic rings. The van der Waals surface area contributed by atoms with Crippen LogP contribution in [0.3, 0.4) is 0 Å². The minimum absolute atomic E-state index is 0.00939. The van der Waals surface area contributed by atoms with Gasteiger partial charge in [-0.2, -0.15) is 0 Å². The van der Waals surface area contributed by atoms with E-state index in [2.05, 4.69) is 53.5 Å². The number of carbonyl (C=O) groups excluding carboxylic acids is 1. The molecule has 1 N–H and O–H groups in total. The van der Waals surface area contributed by atoms with Crippen molar-refractivity contribution in [3.63, 3.8) is 0 Å². The van der Waals surface area contributed by atoms with Crippen molar-refractivity contribution in [2.45, 2.75) is 44.6 Å². The van der Waals surface area contributed by atoms with Crippen LogP contribution in [0, 0.1) is 5.92 Å². The van der Waals surface area contributed by atoms with Crippen LogP contribution in [-0.2, 0) is 16.7 Å². The number of hydrogen-bond acceptors (Lipinski definition) is 3. The van der Waals surface area contributed by atoms with Gasteiger partial charge in [-0.15, -0.1) is 0 Å². The third-order valence-corrected chi connectivity index (χ3v) is 6.92. The Bertz CT molecular complexity index is 805. The van der Waals surface area contributed by atoms with Crippen LogP contribution in [0.25, 0.3) is 0 Å². The molecule has 0 spiro atoms. The maximum absolute atomic E-state index is 12.8. The molecule has 2 fully saturated rings. The Morgan fingerprint density at radius 1 is 1.03 bits per heavy atom. The molecule has 0 aromatic heterocycles. The second-order valence-corrected chi connectivity index (χ2v) is 9.10. The molecule has 0 unspecified atom stereocenters. The molecule has 2 saturated heterocycles. The number of amides is 1. The molecule has 2 aliphatic heterocycles. The summed E-state index contributed by atoms with van der Waals surface area (Å²) in [4.78, 5) is 15.4. The third kappa shape index (κ3) is 5.11. The van der Waals surface area contributed by atoms with E-state index in [0.717, 1.165) is 44.1 Å². The molecule has 2 heterocycles. The van der Waals surface area contributed by atoms with Gasteiger partial charge < -0.3 is 10.1 Å². The fraction of sp³-hybridized carbons (Fsp3) is 0.500. The molecular formula is C26H34N2O2. The van der Waals surface area contributed by atoms with Gasteiger partial charge in [-0.3, -0.25) is 9.69 Å². The summed E-state index contributed by atoms with van der Waals surface area (Å²) in [6, 6.07) is 18.7. The number of piperidine rings is 1. The lowest BCUT2D eigenvalue weighted by atomic mass is 9.74. The van der Waals surface area contributed by atoms with E-state index in [1.165, 1.54) is 37.1 Å². The summed E-state index contributed by atoms with van der Waals surface area (Å²) in [7, 11) is 0. The second kappa shape index (κ2) is 9.76. The highest BCUT2D eigenvalue weighted by Gasteiger charge is 2.34. The van der Waals surface area contributed by atoms with Crippen molar-refractivity contribution in [3.05, 3.63) is 71.3 Å². The Balaban J connectivity index is 1.36. The van der Waals surface area contributed by atoms with Crippen LogP contribution >= 0.6 is 0 Å². The van der Waals surface area contributed by atoms with Crippen LogP contribution in [-0.4, -0.2) is 43.7 Å². The molecule has 30 heavy (non-hydrogen) atoms. The summed E-state index contributed by atoms with van der Waals surface area (Å²) < 4.78 is 5.60. The van der Waals surface area contributed by atoms with Gasteiger partial charge >= 0.3 is 0 Å². The van der Waals surface area contributed by atoms with Crippen molar-refractivity contribution >= 4 is 5.91 Å². The van der Waals surface area contributed by atoms with Gasteiger partial charge in [-0.25, -0.2) is 0 Å². The van der Waals surface area contributed by atoms with E-state index in [0.29, 0.717) is 6.54 Å². The summed E-state index contributed by atoms with van der Waals surface area (Å²) in [5.74, 6) is 0.859. The molecule has 4 nitrogen and oxygen atoms in total. The Hall–Kier alpha value is -2.17. The van der Waals surface area contributed by atoms with Crippen LogP contribution in [0.2, 0.25) is 0 Å². The van der Waals surface area contributed by atoms with Crippen LogP contribution in [0.4, 0.5) is 0 Å². The molecule has 4 heteroatoms. The van der Waals surface area contributed by atoms with Gasteiger partial charge in [0.25, 0.3) is 5.91 Å². The molecule has 2 aromatic rings. The summed E-state index contributed by atoms with van der Waals surface area (Å²) in [5, 5.41) is 3.21. The van der Waals surface area contributed by atoms with Crippen LogP contribution in [0.15, 0.2) is 54.6 Å². The first kappa shape index (κ1) is 21.1. The molecule has 0 aliphatic carbocycles. The first-order valence-electron chi connectivity index (χ1n) is 11.4. The van der Waals surface area contributed by atoms with Crippen molar-refractivity contribution in [1.29, 1.82) is 0 Å². The number of nitrogens with one attached hydrogen (secondary N) is 1. The Morgan fingerprint density at radius 2 is 1.70 bits per heavy atom. The summed E-state index contributed by atoms with van der Waals surface area (Å²) in [6.45, 7) is 7.80. The summed E-state index contributed by atoms with van der Waals surface area (Å²) >= 11 is 0. The topological polar surface area (TPSA) is 41.6 Å². The van der Waals surface area contributed by atoms with Gasteiger partial charge in [-0.05, 0) is 68.0 Å². The molecule has 0 bridgehead atoms. The van der Waals surface area contributed by atoms with Crippen molar-refractivity contribution in [1.82, 2.24) is 10.2 Å². The van der Waals surface area contributed by atoms with Gasteiger partial charge in [-0.1, -0.05) is 49.4 Å². The SMILES string of the molecule is CC1CCN(Cc2ccc(C(=O)NCC3(c4ccccc4)CCOCC3)cc2)CC1. The first-order chi connectivity index (χ1) is 14.6. The highest BCUT2D eigenvalue weighted by molar-refractivity contribution is 5.94. The Labute approximate surface area is 180 Å². The maximum Gasteiger partial charge on any atom is 0.251 e. The zero-order valence-electron chi connectivity index (χ0n) is 18.1. The van der Waals surface area contributed by atoms with E-state index in [9.17, 15) is 4.79 Å². The molecule has 2 aromatic carbocycles. The van der Waals surface area contributed by atoms with Crippen molar-refractivity contribution in [2.75, 3.05) is 32.8 Å². The Kier molecular flexibility index (Phi) is 6.86. The number of carbonyl (C=O) groups is 1. The van der Waals surface area contributed by atoms with Gasteiger partial charge in [0.05, 0.1) is 0 Å². The first-order valence-corrected chi connectivity index (χ1v) is 11.4. The van der Waals surface area contributed by atoms with Gasteiger partial charge in [0, 0.05) is 37.3 Å². The fourth-order valence-electron chi connectivity index (χ4n) is 4.71.